The van der Waals surface area contributed by atoms with E-state index in [9.17, 15) is 12.8 Å². The summed E-state index contributed by atoms with van der Waals surface area (Å²) in [5, 5.41) is 3.12. The highest BCUT2D eigenvalue weighted by Gasteiger charge is 2.25. The number of nitrogens with zero attached hydrogens (tertiary/aromatic N) is 1. The molecule has 0 bridgehead atoms. The van der Waals surface area contributed by atoms with Crippen molar-refractivity contribution in [3.8, 4) is 0 Å². The van der Waals surface area contributed by atoms with E-state index >= 15 is 0 Å². The molecule has 0 unspecified atom stereocenters. The largest absolute Gasteiger partial charge is 0.315 e. The van der Waals surface area contributed by atoms with Gasteiger partial charge in [0.25, 0.3) is 0 Å². The van der Waals surface area contributed by atoms with E-state index in [4.69, 9.17) is 0 Å². The molecule has 1 fully saturated rings. The number of rotatable bonds is 1. The first kappa shape index (κ1) is 12.3. The van der Waals surface area contributed by atoms with Crippen molar-refractivity contribution in [3.05, 3.63) is 30.1 Å². The molecule has 2 rings (SSSR count). The number of halogens is 1. The first-order chi connectivity index (χ1) is 8.11. The lowest BCUT2D eigenvalue weighted by molar-refractivity contribution is 0.566. The molecule has 0 atom stereocenters. The minimum atomic E-state index is -3.41. The molecule has 4 nitrogen and oxygen atoms in total. The van der Waals surface area contributed by atoms with Gasteiger partial charge in [-0.3, -0.25) is 4.31 Å². The Morgan fingerprint density at radius 3 is 2.76 bits per heavy atom. The van der Waals surface area contributed by atoms with Gasteiger partial charge < -0.3 is 5.32 Å². The van der Waals surface area contributed by atoms with E-state index in [1.807, 2.05) is 0 Å². The van der Waals surface area contributed by atoms with Gasteiger partial charge in [-0.05, 0) is 25.1 Å². The molecule has 1 aromatic rings. The van der Waals surface area contributed by atoms with E-state index in [1.54, 1.807) is 12.1 Å². The SMILES string of the molecule is O=S1(=O)CCCNCCN1c1ccccc1F. The van der Waals surface area contributed by atoms with Crippen molar-refractivity contribution in [2.24, 2.45) is 0 Å². The van der Waals surface area contributed by atoms with Crippen LogP contribution < -0.4 is 9.62 Å². The van der Waals surface area contributed by atoms with E-state index in [0.717, 1.165) is 4.31 Å². The summed E-state index contributed by atoms with van der Waals surface area (Å²) in [6, 6.07) is 5.96. The molecule has 0 amide bonds. The van der Waals surface area contributed by atoms with E-state index in [-0.39, 0.29) is 18.0 Å². The Morgan fingerprint density at radius 2 is 2.00 bits per heavy atom. The van der Waals surface area contributed by atoms with Crippen molar-refractivity contribution >= 4 is 15.7 Å². The number of hydrogen-bond donors (Lipinski definition) is 1. The summed E-state index contributed by atoms with van der Waals surface area (Å²) in [6.45, 7) is 1.49. The van der Waals surface area contributed by atoms with Crippen LogP contribution in [0.3, 0.4) is 0 Å². The standard InChI is InChI=1S/C11H15FN2O2S/c12-10-4-1-2-5-11(10)14-8-7-13-6-3-9-17(14,15)16/h1-2,4-5,13H,3,6-9H2. The van der Waals surface area contributed by atoms with E-state index in [1.165, 1.54) is 12.1 Å². The van der Waals surface area contributed by atoms with Crippen molar-refractivity contribution in [3.63, 3.8) is 0 Å². The monoisotopic (exact) mass is 258 g/mol. The molecule has 1 aromatic carbocycles. The topological polar surface area (TPSA) is 49.4 Å². The Bertz CT molecular complexity index is 490. The van der Waals surface area contributed by atoms with Gasteiger partial charge in [-0.2, -0.15) is 0 Å². The van der Waals surface area contributed by atoms with E-state index in [2.05, 4.69) is 5.32 Å². The molecule has 0 radical (unpaired) electrons. The molecule has 0 aromatic heterocycles. The van der Waals surface area contributed by atoms with E-state index in [0.29, 0.717) is 19.5 Å². The van der Waals surface area contributed by atoms with Crippen LogP contribution in [0.15, 0.2) is 24.3 Å². The highest BCUT2D eigenvalue weighted by Crippen LogP contribution is 2.22. The second-order valence-electron chi connectivity index (χ2n) is 3.94. The van der Waals surface area contributed by atoms with Crippen molar-refractivity contribution < 1.29 is 12.8 Å². The highest BCUT2D eigenvalue weighted by atomic mass is 32.2. The van der Waals surface area contributed by atoms with Crippen LogP contribution in [0.5, 0.6) is 0 Å². The second-order valence-corrected chi connectivity index (χ2v) is 5.96. The lowest BCUT2D eigenvalue weighted by atomic mass is 10.3. The fourth-order valence-corrected chi connectivity index (χ4v) is 3.41. The van der Waals surface area contributed by atoms with Crippen LogP contribution in [-0.4, -0.2) is 33.8 Å². The van der Waals surface area contributed by atoms with Gasteiger partial charge in [-0.1, -0.05) is 12.1 Å². The van der Waals surface area contributed by atoms with Crippen molar-refractivity contribution in [1.82, 2.24) is 5.32 Å². The third-order valence-electron chi connectivity index (χ3n) is 2.70. The molecule has 94 valence electrons. The van der Waals surface area contributed by atoms with Gasteiger partial charge in [-0.25, -0.2) is 12.8 Å². The van der Waals surface area contributed by atoms with Gasteiger partial charge >= 0.3 is 0 Å². The lowest BCUT2D eigenvalue weighted by Gasteiger charge is -2.26. The van der Waals surface area contributed by atoms with Crippen LogP contribution in [0, 0.1) is 5.82 Å². The fraction of sp³-hybridized carbons (Fsp3) is 0.455. The van der Waals surface area contributed by atoms with Crippen molar-refractivity contribution in [1.29, 1.82) is 0 Å². The Morgan fingerprint density at radius 1 is 1.24 bits per heavy atom. The number of benzene rings is 1. The molecule has 6 heteroatoms. The van der Waals surface area contributed by atoms with Gasteiger partial charge in [0.15, 0.2) is 0 Å². The highest BCUT2D eigenvalue weighted by molar-refractivity contribution is 7.92. The van der Waals surface area contributed by atoms with Crippen LogP contribution in [0.2, 0.25) is 0 Å². The maximum absolute atomic E-state index is 13.6. The fourth-order valence-electron chi connectivity index (χ4n) is 1.86. The quantitative estimate of drug-likeness (QED) is 0.816. The van der Waals surface area contributed by atoms with Crippen LogP contribution in [0.4, 0.5) is 10.1 Å². The Hall–Kier alpha value is -1.14. The number of nitrogens with one attached hydrogen (secondary N) is 1. The molecule has 0 aliphatic carbocycles. The Labute approximate surface area is 100 Å². The number of hydrogen-bond acceptors (Lipinski definition) is 3. The van der Waals surface area contributed by atoms with Gasteiger partial charge in [0, 0.05) is 13.1 Å². The molecule has 1 aliphatic rings. The molecular formula is C11H15FN2O2S. The lowest BCUT2D eigenvalue weighted by Crippen LogP contribution is -2.42. The van der Waals surface area contributed by atoms with Crippen molar-refractivity contribution in [2.45, 2.75) is 6.42 Å². The van der Waals surface area contributed by atoms with Crippen LogP contribution >= 0.6 is 0 Å². The Kier molecular flexibility index (Phi) is 3.63. The average molecular weight is 258 g/mol. The predicted octanol–water partition coefficient (Wildman–Crippen LogP) is 0.955. The zero-order chi connectivity index (χ0) is 12.3. The molecular weight excluding hydrogens is 243 g/mol. The summed E-state index contributed by atoms with van der Waals surface area (Å²) in [4.78, 5) is 0. The van der Waals surface area contributed by atoms with E-state index < -0.39 is 15.8 Å². The molecule has 1 N–H and O–H groups in total. The zero-order valence-corrected chi connectivity index (χ0v) is 10.2. The summed E-state index contributed by atoms with van der Waals surface area (Å²) < 4.78 is 38.9. The normalized spacial score (nSPS) is 20.6. The van der Waals surface area contributed by atoms with Gasteiger partial charge in [0.05, 0.1) is 11.4 Å². The first-order valence-electron chi connectivity index (χ1n) is 5.57. The summed E-state index contributed by atoms with van der Waals surface area (Å²) in [7, 11) is -3.41. The minimum Gasteiger partial charge on any atom is -0.315 e. The first-order valence-corrected chi connectivity index (χ1v) is 7.18. The number of para-hydroxylation sites is 1. The molecule has 0 saturated carbocycles. The summed E-state index contributed by atoms with van der Waals surface area (Å²) in [5.74, 6) is -0.453. The maximum atomic E-state index is 13.6. The van der Waals surface area contributed by atoms with Crippen molar-refractivity contribution in [2.75, 3.05) is 29.7 Å². The molecule has 1 heterocycles. The van der Waals surface area contributed by atoms with Gasteiger partial charge in [-0.15, -0.1) is 0 Å². The minimum absolute atomic E-state index is 0.0499. The third kappa shape index (κ3) is 2.76. The summed E-state index contributed by atoms with van der Waals surface area (Å²) in [5.41, 5.74) is 0.135. The van der Waals surface area contributed by atoms with Crippen LogP contribution in [0.1, 0.15) is 6.42 Å². The summed E-state index contributed by atoms with van der Waals surface area (Å²) >= 11 is 0. The molecule has 1 aliphatic heterocycles. The number of sulfonamides is 1. The molecule has 1 saturated heterocycles. The second kappa shape index (κ2) is 5.01. The average Bonchev–Trinajstić information content (AvgIpc) is 2.27. The smallest absolute Gasteiger partial charge is 0.235 e. The predicted molar refractivity (Wildman–Crippen MR) is 65.0 cm³/mol. The Balaban J connectivity index is 2.36. The molecule has 0 spiro atoms. The van der Waals surface area contributed by atoms with Gasteiger partial charge in [0.2, 0.25) is 10.0 Å². The van der Waals surface area contributed by atoms with Gasteiger partial charge in [0.1, 0.15) is 5.82 Å². The number of anilines is 1. The third-order valence-corrected chi connectivity index (χ3v) is 4.56. The van der Waals surface area contributed by atoms with Crippen LogP contribution in [0.25, 0.3) is 0 Å². The molecule has 17 heavy (non-hydrogen) atoms. The summed E-state index contributed by atoms with van der Waals surface area (Å²) in [6.07, 6.45) is 0.549. The van der Waals surface area contributed by atoms with Crippen LogP contribution in [-0.2, 0) is 10.0 Å². The zero-order valence-electron chi connectivity index (χ0n) is 9.39. The maximum Gasteiger partial charge on any atom is 0.235 e.